The summed E-state index contributed by atoms with van der Waals surface area (Å²) < 4.78 is 6.01. The summed E-state index contributed by atoms with van der Waals surface area (Å²) in [6.45, 7) is 1.79. The predicted octanol–water partition coefficient (Wildman–Crippen LogP) is 4.52. The lowest BCUT2D eigenvalue weighted by molar-refractivity contribution is -0.121. The smallest absolute Gasteiger partial charge is 0.250 e. The molecule has 0 radical (unpaired) electrons. The molecule has 30 heavy (non-hydrogen) atoms. The molecule has 0 saturated carbocycles. The van der Waals surface area contributed by atoms with Crippen molar-refractivity contribution >= 4 is 11.6 Å². The van der Waals surface area contributed by atoms with E-state index in [1.54, 1.807) is 0 Å². The van der Waals surface area contributed by atoms with Crippen molar-refractivity contribution in [1.29, 1.82) is 0 Å². The molecule has 6 heteroatoms. The minimum Gasteiger partial charge on any atom is -0.359 e. The number of hydrogen-bond acceptors (Lipinski definition) is 4. The molecule has 0 saturated heterocycles. The first-order chi connectivity index (χ1) is 14.7. The third-order valence-electron chi connectivity index (χ3n) is 4.61. The van der Waals surface area contributed by atoms with Gasteiger partial charge in [0.15, 0.2) is 5.82 Å². The van der Waals surface area contributed by atoms with Gasteiger partial charge in [-0.25, -0.2) is 4.98 Å². The fourth-order valence-corrected chi connectivity index (χ4v) is 3.17. The molecule has 0 spiro atoms. The van der Waals surface area contributed by atoms with E-state index in [-0.39, 0.29) is 18.6 Å². The minimum absolute atomic E-state index is 0.0592. The fraction of sp³-hybridized carbons (Fsp3) is 0.125. The number of carbonyl (C=O) groups excluding carboxylic acids is 1. The van der Waals surface area contributed by atoms with E-state index in [1.807, 2.05) is 91.9 Å². The maximum absolute atomic E-state index is 12.5. The summed E-state index contributed by atoms with van der Waals surface area (Å²) in [6, 6.07) is 27.2. The van der Waals surface area contributed by atoms with Gasteiger partial charge in [0.05, 0.1) is 0 Å². The Hall–Kier alpha value is -3.77. The van der Waals surface area contributed by atoms with Gasteiger partial charge in [0, 0.05) is 11.3 Å². The van der Waals surface area contributed by atoms with Crippen LogP contribution in [0.4, 0.5) is 5.69 Å². The van der Waals surface area contributed by atoms with Gasteiger partial charge in [-0.15, -0.1) is 0 Å². The van der Waals surface area contributed by atoms with Crippen molar-refractivity contribution in [2.24, 2.45) is 0 Å². The van der Waals surface area contributed by atoms with E-state index in [9.17, 15) is 4.79 Å². The summed E-state index contributed by atoms with van der Waals surface area (Å²) in [7, 11) is 0. The zero-order valence-electron chi connectivity index (χ0n) is 16.6. The molecule has 0 unspecified atom stereocenters. The van der Waals surface area contributed by atoms with Crippen LogP contribution in [-0.4, -0.2) is 27.7 Å². The average molecular weight is 398 g/mol. The maximum Gasteiger partial charge on any atom is 0.250 e. The first kappa shape index (κ1) is 19.5. The van der Waals surface area contributed by atoms with Gasteiger partial charge in [0.25, 0.3) is 0 Å². The Kier molecular flexibility index (Phi) is 5.96. The minimum atomic E-state index is -0.311. The molecule has 2 N–H and O–H groups in total. The number of carbonyl (C=O) groups is 1. The van der Waals surface area contributed by atoms with Crippen molar-refractivity contribution in [2.45, 2.75) is 13.0 Å². The van der Waals surface area contributed by atoms with E-state index >= 15 is 0 Å². The van der Waals surface area contributed by atoms with Crippen LogP contribution < -0.4 is 5.32 Å². The monoisotopic (exact) mass is 398 g/mol. The molecule has 1 aromatic heterocycles. The van der Waals surface area contributed by atoms with Crippen LogP contribution in [0.1, 0.15) is 23.1 Å². The van der Waals surface area contributed by atoms with Crippen molar-refractivity contribution in [3.63, 3.8) is 0 Å². The number of aromatic nitrogens is 3. The molecule has 150 valence electrons. The molecule has 4 aromatic rings. The van der Waals surface area contributed by atoms with Crippen LogP contribution in [0.2, 0.25) is 0 Å². The third-order valence-corrected chi connectivity index (χ3v) is 4.61. The number of anilines is 1. The first-order valence-electron chi connectivity index (χ1n) is 9.70. The van der Waals surface area contributed by atoms with E-state index in [4.69, 9.17) is 4.74 Å². The molecular formula is C24H22N4O2. The van der Waals surface area contributed by atoms with Gasteiger partial charge in [-0.3, -0.25) is 9.89 Å². The largest absolute Gasteiger partial charge is 0.359 e. The number of H-pyrrole nitrogens is 1. The molecular weight excluding hydrogens is 376 g/mol. The molecule has 0 atom stereocenters. The molecule has 0 aliphatic rings. The number of hydrogen-bond donors (Lipinski definition) is 2. The van der Waals surface area contributed by atoms with E-state index in [1.165, 1.54) is 0 Å². The highest BCUT2D eigenvalue weighted by Gasteiger charge is 2.16. The zero-order chi connectivity index (χ0) is 20.8. The van der Waals surface area contributed by atoms with Gasteiger partial charge < -0.3 is 10.1 Å². The van der Waals surface area contributed by atoms with Crippen LogP contribution >= 0.6 is 0 Å². The second-order valence-corrected chi connectivity index (χ2v) is 6.88. The number of nitrogens with one attached hydrogen (secondary N) is 2. The summed E-state index contributed by atoms with van der Waals surface area (Å²) in [5.74, 6) is 1.17. The second kappa shape index (κ2) is 9.15. The highest BCUT2D eigenvalue weighted by molar-refractivity contribution is 5.91. The van der Waals surface area contributed by atoms with Gasteiger partial charge >= 0.3 is 0 Å². The number of aryl methyl sites for hydroxylation is 1. The molecule has 0 fully saturated rings. The standard InChI is InChI=1S/C24H22N4O2/c1-17-25-24(28-27-17)20-12-14-21(15-13-20)26-22(29)16-30-23(18-8-4-2-5-9-18)19-10-6-3-7-11-19/h2-15,23H,16H2,1H3,(H,26,29)(H,25,27,28). The molecule has 6 nitrogen and oxygen atoms in total. The topological polar surface area (TPSA) is 79.9 Å². The molecule has 3 aromatic carbocycles. The highest BCUT2D eigenvalue weighted by atomic mass is 16.5. The zero-order valence-corrected chi connectivity index (χ0v) is 16.6. The van der Waals surface area contributed by atoms with Gasteiger partial charge in [0.2, 0.25) is 5.91 Å². The summed E-state index contributed by atoms with van der Waals surface area (Å²) >= 11 is 0. The van der Waals surface area contributed by atoms with Crippen LogP contribution in [0.3, 0.4) is 0 Å². The first-order valence-corrected chi connectivity index (χ1v) is 9.70. The Balaban J connectivity index is 1.40. The molecule has 0 bridgehead atoms. The van der Waals surface area contributed by atoms with Crippen molar-refractivity contribution in [1.82, 2.24) is 15.2 Å². The van der Waals surface area contributed by atoms with E-state index in [0.717, 1.165) is 22.5 Å². The summed E-state index contributed by atoms with van der Waals surface area (Å²) in [5.41, 5.74) is 3.57. The molecule has 1 amide bonds. The Morgan fingerprint density at radius 2 is 1.53 bits per heavy atom. The van der Waals surface area contributed by atoms with E-state index in [2.05, 4.69) is 20.5 Å². The van der Waals surface area contributed by atoms with E-state index in [0.29, 0.717) is 11.5 Å². The number of amides is 1. The number of benzene rings is 3. The summed E-state index contributed by atoms with van der Waals surface area (Å²) in [4.78, 5) is 16.8. The van der Waals surface area contributed by atoms with Crippen LogP contribution in [0.25, 0.3) is 11.4 Å². The lowest BCUT2D eigenvalue weighted by Gasteiger charge is -2.19. The molecule has 4 rings (SSSR count). The Morgan fingerprint density at radius 3 is 2.07 bits per heavy atom. The highest BCUT2D eigenvalue weighted by Crippen LogP contribution is 2.26. The normalized spacial score (nSPS) is 10.9. The molecule has 0 aliphatic heterocycles. The summed E-state index contributed by atoms with van der Waals surface area (Å²) in [5, 5.41) is 9.83. The SMILES string of the molecule is Cc1nc(-c2ccc(NC(=O)COC(c3ccccc3)c3ccccc3)cc2)n[nH]1. The lowest BCUT2D eigenvalue weighted by Crippen LogP contribution is -2.20. The van der Waals surface area contributed by atoms with Crippen LogP contribution in [-0.2, 0) is 9.53 Å². The van der Waals surface area contributed by atoms with Gasteiger partial charge in [-0.05, 0) is 42.3 Å². The fourth-order valence-electron chi connectivity index (χ4n) is 3.17. The van der Waals surface area contributed by atoms with Gasteiger partial charge in [0.1, 0.15) is 18.5 Å². The average Bonchev–Trinajstić information content (AvgIpc) is 3.22. The molecule has 0 aliphatic carbocycles. The predicted molar refractivity (Wildman–Crippen MR) is 116 cm³/mol. The quantitative estimate of drug-likeness (QED) is 0.479. The summed E-state index contributed by atoms with van der Waals surface area (Å²) in [6.07, 6.45) is -0.311. The van der Waals surface area contributed by atoms with Crippen LogP contribution in [0.15, 0.2) is 84.9 Å². The van der Waals surface area contributed by atoms with E-state index < -0.39 is 0 Å². The number of aromatic amines is 1. The number of rotatable bonds is 7. The third kappa shape index (κ3) is 4.79. The maximum atomic E-state index is 12.5. The van der Waals surface area contributed by atoms with Gasteiger partial charge in [-0.1, -0.05) is 60.7 Å². The van der Waals surface area contributed by atoms with Crippen molar-refractivity contribution in [3.8, 4) is 11.4 Å². The number of nitrogens with zero attached hydrogens (tertiary/aromatic N) is 2. The Morgan fingerprint density at radius 1 is 0.933 bits per heavy atom. The number of ether oxygens (including phenoxy) is 1. The second-order valence-electron chi connectivity index (χ2n) is 6.88. The van der Waals surface area contributed by atoms with Crippen LogP contribution in [0.5, 0.6) is 0 Å². The lowest BCUT2D eigenvalue weighted by atomic mass is 10.0. The molecule has 1 heterocycles. The van der Waals surface area contributed by atoms with Crippen LogP contribution in [0, 0.1) is 6.92 Å². The van der Waals surface area contributed by atoms with Crippen molar-refractivity contribution < 1.29 is 9.53 Å². The van der Waals surface area contributed by atoms with Crippen molar-refractivity contribution in [3.05, 3.63) is 102 Å². The van der Waals surface area contributed by atoms with Gasteiger partial charge in [-0.2, -0.15) is 5.10 Å². The Bertz CT molecular complexity index is 1050. The Labute approximate surface area is 175 Å². The van der Waals surface area contributed by atoms with Crippen molar-refractivity contribution in [2.75, 3.05) is 11.9 Å².